The summed E-state index contributed by atoms with van der Waals surface area (Å²) in [6.45, 7) is 3.41. The van der Waals surface area contributed by atoms with Gasteiger partial charge in [-0.2, -0.15) is 0 Å². The van der Waals surface area contributed by atoms with Crippen LogP contribution in [0.4, 0.5) is 5.69 Å². The molecule has 0 aromatic heterocycles. The maximum atomic E-state index is 12.4. The minimum Gasteiger partial charge on any atom is -0.497 e. The largest absolute Gasteiger partial charge is 0.497 e. The fourth-order valence-corrected chi connectivity index (χ4v) is 3.24. The number of hydrogen-bond donors (Lipinski definition) is 1. The van der Waals surface area contributed by atoms with Gasteiger partial charge in [-0.05, 0) is 56.1 Å². The lowest BCUT2D eigenvalue weighted by molar-refractivity contribution is -0.117. The van der Waals surface area contributed by atoms with E-state index in [2.05, 4.69) is 22.3 Å². The number of nitrogens with one attached hydrogen (secondary N) is 1. The number of amides is 1. The van der Waals surface area contributed by atoms with Crippen LogP contribution in [0, 0.1) is 6.92 Å². The second-order valence-corrected chi connectivity index (χ2v) is 6.32. The molecule has 1 amide bonds. The predicted octanol–water partition coefficient (Wildman–Crippen LogP) is 3.78. The highest BCUT2D eigenvalue weighted by Gasteiger charge is 2.27. The first-order chi connectivity index (χ1) is 11.7. The smallest absolute Gasteiger partial charge is 0.238 e. The Morgan fingerprint density at radius 1 is 1.17 bits per heavy atom. The molecule has 1 N–H and O–H groups in total. The van der Waals surface area contributed by atoms with Crippen LogP contribution >= 0.6 is 0 Å². The minimum atomic E-state index is 0.0410. The van der Waals surface area contributed by atoms with E-state index in [1.165, 1.54) is 11.1 Å². The minimum absolute atomic E-state index is 0.0410. The summed E-state index contributed by atoms with van der Waals surface area (Å²) in [5, 5.41) is 2.99. The van der Waals surface area contributed by atoms with Crippen molar-refractivity contribution in [2.24, 2.45) is 0 Å². The van der Waals surface area contributed by atoms with Crippen LogP contribution in [0.2, 0.25) is 0 Å². The quantitative estimate of drug-likeness (QED) is 0.910. The average molecular weight is 324 g/mol. The number of nitrogens with zero attached hydrogens (tertiary/aromatic N) is 1. The molecule has 1 atom stereocenters. The number of aryl methyl sites for hydroxylation is 1. The fraction of sp³-hybridized carbons (Fsp3) is 0.350. The number of hydrogen-bond acceptors (Lipinski definition) is 3. The van der Waals surface area contributed by atoms with Gasteiger partial charge in [0, 0.05) is 11.7 Å². The van der Waals surface area contributed by atoms with Gasteiger partial charge in [-0.25, -0.2) is 0 Å². The number of methoxy groups -OCH3 is 1. The standard InChI is InChI=1S/C20H24N2O2/c1-15-5-9-17(10-6-15)21-20(23)14-22-13-3-4-19(22)16-7-11-18(24-2)12-8-16/h5-12,19H,3-4,13-14H2,1-2H3,(H,21,23). The van der Waals surface area contributed by atoms with E-state index in [0.717, 1.165) is 30.8 Å². The summed E-state index contributed by atoms with van der Waals surface area (Å²) in [5.41, 5.74) is 3.29. The zero-order chi connectivity index (χ0) is 16.9. The van der Waals surface area contributed by atoms with E-state index in [9.17, 15) is 4.79 Å². The van der Waals surface area contributed by atoms with E-state index in [1.54, 1.807) is 7.11 Å². The Labute approximate surface area is 143 Å². The second kappa shape index (κ2) is 7.49. The topological polar surface area (TPSA) is 41.6 Å². The van der Waals surface area contributed by atoms with Crippen molar-refractivity contribution in [1.82, 2.24) is 4.90 Å². The van der Waals surface area contributed by atoms with Gasteiger partial charge in [-0.3, -0.25) is 9.69 Å². The summed E-state index contributed by atoms with van der Waals surface area (Å²) in [6.07, 6.45) is 2.21. The van der Waals surface area contributed by atoms with Crippen LogP contribution in [0.15, 0.2) is 48.5 Å². The van der Waals surface area contributed by atoms with E-state index in [-0.39, 0.29) is 5.91 Å². The molecule has 126 valence electrons. The summed E-state index contributed by atoms with van der Waals surface area (Å²) >= 11 is 0. The van der Waals surface area contributed by atoms with Crippen LogP contribution in [0.5, 0.6) is 5.75 Å². The zero-order valence-electron chi connectivity index (χ0n) is 14.3. The van der Waals surface area contributed by atoms with E-state index in [0.29, 0.717) is 12.6 Å². The van der Waals surface area contributed by atoms with Crippen molar-refractivity contribution in [2.75, 3.05) is 25.5 Å². The van der Waals surface area contributed by atoms with Crippen LogP contribution in [0.1, 0.15) is 30.0 Å². The first kappa shape index (κ1) is 16.5. The number of benzene rings is 2. The van der Waals surface area contributed by atoms with Crippen molar-refractivity contribution in [3.05, 3.63) is 59.7 Å². The molecule has 1 saturated heterocycles. The Balaban J connectivity index is 1.62. The van der Waals surface area contributed by atoms with Crippen LogP contribution in [-0.2, 0) is 4.79 Å². The summed E-state index contributed by atoms with van der Waals surface area (Å²) in [7, 11) is 1.67. The maximum absolute atomic E-state index is 12.4. The third kappa shape index (κ3) is 3.95. The molecule has 0 radical (unpaired) electrons. The number of likely N-dealkylation sites (tertiary alicyclic amines) is 1. The maximum Gasteiger partial charge on any atom is 0.238 e. The van der Waals surface area contributed by atoms with Gasteiger partial charge < -0.3 is 10.1 Å². The third-order valence-electron chi connectivity index (χ3n) is 4.55. The normalized spacial score (nSPS) is 17.7. The van der Waals surface area contributed by atoms with Crippen molar-refractivity contribution >= 4 is 11.6 Å². The van der Waals surface area contributed by atoms with Crippen molar-refractivity contribution in [2.45, 2.75) is 25.8 Å². The molecule has 4 nitrogen and oxygen atoms in total. The number of anilines is 1. The SMILES string of the molecule is COc1ccc(C2CCCN2CC(=O)Nc2ccc(C)cc2)cc1. The zero-order valence-corrected chi connectivity index (χ0v) is 14.3. The predicted molar refractivity (Wildman–Crippen MR) is 96.4 cm³/mol. The van der Waals surface area contributed by atoms with E-state index in [1.807, 2.05) is 43.3 Å². The van der Waals surface area contributed by atoms with E-state index in [4.69, 9.17) is 4.74 Å². The van der Waals surface area contributed by atoms with Gasteiger partial charge in [-0.1, -0.05) is 29.8 Å². The molecule has 24 heavy (non-hydrogen) atoms. The van der Waals surface area contributed by atoms with Crippen molar-refractivity contribution in [3.63, 3.8) is 0 Å². The molecule has 1 aliphatic heterocycles. The molecule has 0 bridgehead atoms. The fourth-order valence-electron chi connectivity index (χ4n) is 3.24. The Bertz CT molecular complexity index is 680. The first-order valence-electron chi connectivity index (χ1n) is 8.40. The molecule has 1 heterocycles. The number of ether oxygens (including phenoxy) is 1. The Kier molecular flexibility index (Phi) is 5.16. The molecule has 0 spiro atoms. The molecule has 2 aromatic carbocycles. The van der Waals surface area contributed by atoms with E-state index >= 15 is 0 Å². The van der Waals surface area contributed by atoms with Crippen molar-refractivity contribution in [1.29, 1.82) is 0 Å². The van der Waals surface area contributed by atoms with Crippen molar-refractivity contribution < 1.29 is 9.53 Å². The Hall–Kier alpha value is -2.33. The molecule has 0 aliphatic carbocycles. The Morgan fingerprint density at radius 3 is 2.54 bits per heavy atom. The molecular formula is C20H24N2O2. The summed E-state index contributed by atoms with van der Waals surface area (Å²) in [5.74, 6) is 0.902. The number of rotatable bonds is 5. The number of carbonyl (C=O) groups excluding carboxylic acids is 1. The van der Waals surface area contributed by atoms with Crippen LogP contribution < -0.4 is 10.1 Å². The highest BCUT2D eigenvalue weighted by atomic mass is 16.5. The van der Waals surface area contributed by atoms with Crippen LogP contribution in [-0.4, -0.2) is 31.0 Å². The van der Waals surface area contributed by atoms with Crippen molar-refractivity contribution in [3.8, 4) is 5.75 Å². The Morgan fingerprint density at radius 2 is 1.88 bits per heavy atom. The van der Waals surface area contributed by atoms with Gasteiger partial charge in [0.25, 0.3) is 0 Å². The average Bonchev–Trinajstić information content (AvgIpc) is 3.05. The van der Waals surface area contributed by atoms with Crippen LogP contribution in [0.25, 0.3) is 0 Å². The van der Waals surface area contributed by atoms with E-state index < -0.39 is 0 Å². The van der Waals surface area contributed by atoms with Gasteiger partial charge >= 0.3 is 0 Å². The molecule has 4 heteroatoms. The molecule has 1 fully saturated rings. The molecule has 1 aliphatic rings. The molecule has 2 aromatic rings. The molecule has 0 saturated carbocycles. The number of carbonyl (C=O) groups is 1. The lowest BCUT2D eigenvalue weighted by atomic mass is 10.0. The van der Waals surface area contributed by atoms with Crippen LogP contribution in [0.3, 0.4) is 0 Å². The first-order valence-corrected chi connectivity index (χ1v) is 8.40. The highest BCUT2D eigenvalue weighted by molar-refractivity contribution is 5.92. The highest BCUT2D eigenvalue weighted by Crippen LogP contribution is 2.32. The van der Waals surface area contributed by atoms with Gasteiger partial charge in [0.15, 0.2) is 0 Å². The molecule has 3 rings (SSSR count). The van der Waals surface area contributed by atoms with Gasteiger partial charge in [0.2, 0.25) is 5.91 Å². The molecule has 1 unspecified atom stereocenters. The summed E-state index contributed by atoms with van der Waals surface area (Å²) < 4.78 is 5.22. The van der Waals surface area contributed by atoms with Gasteiger partial charge in [-0.15, -0.1) is 0 Å². The van der Waals surface area contributed by atoms with Gasteiger partial charge in [0.05, 0.1) is 13.7 Å². The lowest BCUT2D eigenvalue weighted by Crippen LogP contribution is -2.32. The summed E-state index contributed by atoms with van der Waals surface area (Å²) in [4.78, 5) is 14.6. The summed E-state index contributed by atoms with van der Waals surface area (Å²) in [6, 6.07) is 16.4. The third-order valence-corrected chi connectivity index (χ3v) is 4.55. The lowest BCUT2D eigenvalue weighted by Gasteiger charge is -2.24. The monoisotopic (exact) mass is 324 g/mol. The van der Waals surface area contributed by atoms with Gasteiger partial charge in [0.1, 0.15) is 5.75 Å². The second-order valence-electron chi connectivity index (χ2n) is 6.32. The molecular weight excluding hydrogens is 300 g/mol.